The molecule has 1 saturated heterocycles. The Morgan fingerprint density at radius 1 is 0.739 bits per heavy atom. The number of fused-ring (bicyclic) bond motifs is 1. The van der Waals surface area contributed by atoms with Crippen LogP contribution in [0.5, 0.6) is 0 Å². The van der Waals surface area contributed by atoms with E-state index in [1.54, 1.807) is 12.3 Å². The van der Waals surface area contributed by atoms with Crippen LogP contribution in [-0.2, 0) is 0 Å². The maximum atomic E-state index is 5.73. The predicted octanol–water partition coefficient (Wildman–Crippen LogP) is 1.28. The molecule has 0 bridgehead atoms. The van der Waals surface area contributed by atoms with E-state index in [-0.39, 0.29) is 0 Å². The Morgan fingerprint density at radius 3 is 1.96 bits per heavy atom. The van der Waals surface area contributed by atoms with Crippen molar-refractivity contribution in [3.8, 4) is 11.4 Å². The molecule has 0 unspecified atom stereocenters. The Bertz CT molecular complexity index is 752. The molecule has 0 spiro atoms. The van der Waals surface area contributed by atoms with Crippen molar-refractivity contribution in [2.45, 2.75) is 0 Å². The van der Waals surface area contributed by atoms with Gasteiger partial charge in [-0.3, -0.25) is 0 Å². The molecule has 0 saturated carbocycles. The average Bonchev–Trinajstić information content (AvgIpc) is 2.86. The molecule has 1 fully saturated rings. The van der Waals surface area contributed by atoms with Gasteiger partial charge in [-0.1, -0.05) is 18.2 Å². The maximum absolute atomic E-state index is 5.73. The van der Waals surface area contributed by atoms with Gasteiger partial charge >= 0.3 is 0 Å². The first-order valence-electron chi connectivity index (χ1n) is 7.61. The number of rotatable bonds is 2. The van der Waals surface area contributed by atoms with Crippen molar-refractivity contribution in [3.05, 3.63) is 42.6 Å². The van der Waals surface area contributed by atoms with Crippen molar-refractivity contribution in [3.63, 3.8) is 0 Å². The van der Waals surface area contributed by atoms with Crippen molar-refractivity contribution >= 4 is 17.7 Å². The number of imidazole rings is 1. The Hall–Kier alpha value is -2.96. The smallest absolute Gasteiger partial charge is 0.227 e. The largest absolute Gasteiger partial charge is 0.384 e. The lowest BCUT2D eigenvalue weighted by Gasteiger charge is -2.34. The second-order valence-corrected chi connectivity index (χ2v) is 5.46. The molecule has 1 aromatic rings. The van der Waals surface area contributed by atoms with Crippen molar-refractivity contribution in [1.82, 2.24) is 19.9 Å². The van der Waals surface area contributed by atoms with E-state index in [4.69, 9.17) is 5.73 Å². The summed E-state index contributed by atoms with van der Waals surface area (Å²) in [4.78, 5) is 22.2. The first-order chi connectivity index (χ1) is 11.3. The third-order valence-electron chi connectivity index (χ3n) is 3.94. The molecule has 23 heavy (non-hydrogen) atoms. The van der Waals surface area contributed by atoms with Gasteiger partial charge in [-0.2, -0.15) is 4.98 Å². The molecular formula is C16H17N7. The summed E-state index contributed by atoms with van der Waals surface area (Å²) in [7, 11) is 0. The molecule has 0 aromatic carbocycles. The Labute approximate surface area is 134 Å². The highest BCUT2D eigenvalue weighted by atomic mass is 15.4. The van der Waals surface area contributed by atoms with Gasteiger partial charge in [0, 0.05) is 32.4 Å². The fourth-order valence-corrected chi connectivity index (χ4v) is 2.72. The monoisotopic (exact) mass is 307 g/mol. The molecule has 116 valence electrons. The summed E-state index contributed by atoms with van der Waals surface area (Å²) >= 11 is 0. The highest BCUT2D eigenvalue weighted by Gasteiger charge is 2.22. The molecule has 7 heteroatoms. The Balaban J connectivity index is 1.50. The molecule has 1 aromatic heterocycles. The molecule has 0 radical (unpaired) electrons. The van der Waals surface area contributed by atoms with Gasteiger partial charge in [-0.15, -0.1) is 0 Å². The van der Waals surface area contributed by atoms with Crippen molar-refractivity contribution < 1.29 is 0 Å². The van der Waals surface area contributed by atoms with Crippen LogP contribution in [0.15, 0.2) is 42.6 Å². The van der Waals surface area contributed by atoms with E-state index in [0.717, 1.165) is 43.5 Å². The van der Waals surface area contributed by atoms with E-state index >= 15 is 0 Å². The van der Waals surface area contributed by atoms with Gasteiger partial charge < -0.3 is 15.5 Å². The van der Waals surface area contributed by atoms with Crippen LogP contribution >= 0.6 is 0 Å². The molecule has 3 aliphatic rings. The fraction of sp³-hybridized carbons (Fsp3) is 0.250. The van der Waals surface area contributed by atoms with Crippen LogP contribution in [0.25, 0.3) is 11.4 Å². The van der Waals surface area contributed by atoms with Crippen LogP contribution in [0.2, 0.25) is 0 Å². The lowest BCUT2D eigenvalue weighted by atomic mass is 10.3. The summed E-state index contributed by atoms with van der Waals surface area (Å²) in [5, 5.41) is 0. The van der Waals surface area contributed by atoms with Crippen LogP contribution < -0.4 is 15.5 Å². The summed E-state index contributed by atoms with van der Waals surface area (Å²) in [6.45, 7) is 3.31. The predicted molar refractivity (Wildman–Crippen MR) is 89.5 cm³/mol. The molecule has 0 atom stereocenters. The highest BCUT2D eigenvalue weighted by Crippen LogP contribution is 2.23. The zero-order valence-electron chi connectivity index (χ0n) is 12.6. The van der Waals surface area contributed by atoms with E-state index in [1.165, 1.54) is 0 Å². The third-order valence-corrected chi connectivity index (χ3v) is 3.94. The molecule has 3 heterocycles. The van der Waals surface area contributed by atoms with Gasteiger partial charge in [-0.25, -0.2) is 15.0 Å². The quantitative estimate of drug-likeness (QED) is 0.763. The number of nitrogen functional groups attached to an aromatic ring is 1. The van der Waals surface area contributed by atoms with E-state index in [9.17, 15) is 0 Å². The van der Waals surface area contributed by atoms with E-state index in [2.05, 4.69) is 29.7 Å². The van der Waals surface area contributed by atoms with Crippen molar-refractivity contribution in [1.29, 1.82) is 0 Å². The van der Waals surface area contributed by atoms with E-state index in [0.29, 0.717) is 11.8 Å². The SMILES string of the molecule is Nc1ccnc(N2CCN(c3nc4cccccc-4n3)CC2)n1. The van der Waals surface area contributed by atoms with Gasteiger partial charge in [0.1, 0.15) is 5.82 Å². The third kappa shape index (κ3) is 2.73. The highest BCUT2D eigenvalue weighted by molar-refractivity contribution is 5.60. The number of nitrogens with zero attached hydrogens (tertiary/aromatic N) is 6. The van der Waals surface area contributed by atoms with Crippen molar-refractivity contribution in [2.75, 3.05) is 41.7 Å². The first kappa shape index (κ1) is 13.7. The molecule has 0 amide bonds. The Kier molecular flexibility index (Phi) is 3.38. The molecule has 2 aliphatic heterocycles. The summed E-state index contributed by atoms with van der Waals surface area (Å²) in [5.74, 6) is 1.97. The minimum atomic E-state index is 0.496. The van der Waals surface area contributed by atoms with Crippen LogP contribution in [0.1, 0.15) is 0 Å². The van der Waals surface area contributed by atoms with Gasteiger partial charge in [0.2, 0.25) is 11.9 Å². The summed E-state index contributed by atoms with van der Waals surface area (Å²) in [5.41, 5.74) is 7.57. The second kappa shape index (κ2) is 5.68. The minimum absolute atomic E-state index is 0.496. The maximum Gasteiger partial charge on any atom is 0.227 e. The summed E-state index contributed by atoms with van der Waals surface area (Å²) in [6.07, 6.45) is 1.69. The number of hydrogen-bond acceptors (Lipinski definition) is 7. The van der Waals surface area contributed by atoms with E-state index in [1.807, 2.05) is 30.3 Å². The zero-order valence-corrected chi connectivity index (χ0v) is 12.6. The molecule has 7 nitrogen and oxygen atoms in total. The molecular weight excluding hydrogens is 290 g/mol. The normalized spacial score (nSPS) is 15.1. The Morgan fingerprint density at radius 2 is 1.35 bits per heavy atom. The topological polar surface area (TPSA) is 84.1 Å². The van der Waals surface area contributed by atoms with Gasteiger partial charge in [-0.05, 0) is 18.2 Å². The minimum Gasteiger partial charge on any atom is -0.384 e. The van der Waals surface area contributed by atoms with Crippen LogP contribution in [0.4, 0.5) is 17.7 Å². The average molecular weight is 307 g/mol. The van der Waals surface area contributed by atoms with E-state index < -0.39 is 0 Å². The summed E-state index contributed by atoms with van der Waals surface area (Å²) < 4.78 is 0. The van der Waals surface area contributed by atoms with Gasteiger partial charge in [0.05, 0.1) is 11.4 Å². The number of piperazine rings is 1. The zero-order chi connectivity index (χ0) is 15.6. The first-order valence-corrected chi connectivity index (χ1v) is 7.61. The van der Waals surface area contributed by atoms with Crippen LogP contribution in [-0.4, -0.2) is 46.1 Å². The number of hydrogen-bond donors (Lipinski definition) is 1. The standard InChI is InChI=1S/C16H17N7/c17-14-6-7-18-15(21-14)22-8-10-23(11-9-22)16-19-12-4-2-1-3-5-13(12)20-16/h1-7H,8-11H2,(H2,17,18,21). The molecule has 4 rings (SSSR count). The second-order valence-electron chi connectivity index (χ2n) is 5.46. The van der Waals surface area contributed by atoms with Crippen LogP contribution in [0, 0.1) is 0 Å². The molecule has 2 N–H and O–H groups in total. The lowest BCUT2D eigenvalue weighted by molar-refractivity contribution is 0.631. The number of aromatic nitrogens is 4. The number of nitrogens with two attached hydrogens (primary N) is 1. The molecule has 1 aliphatic carbocycles. The van der Waals surface area contributed by atoms with Gasteiger partial charge in [0.25, 0.3) is 0 Å². The van der Waals surface area contributed by atoms with Crippen LogP contribution in [0.3, 0.4) is 0 Å². The fourth-order valence-electron chi connectivity index (χ4n) is 2.72. The summed E-state index contributed by atoms with van der Waals surface area (Å²) in [6, 6.07) is 11.6. The van der Waals surface area contributed by atoms with Gasteiger partial charge in [0.15, 0.2) is 0 Å². The number of anilines is 3. The van der Waals surface area contributed by atoms with Crippen molar-refractivity contribution in [2.24, 2.45) is 0 Å². The lowest BCUT2D eigenvalue weighted by Crippen LogP contribution is -2.47.